The van der Waals surface area contributed by atoms with Crippen molar-refractivity contribution >= 4 is 17.5 Å². The number of amides is 2. The maximum atomic E-state index is 12.6. The molecule has 0 saturated heterocycles. The van der Waals surface area contributed by atoms with Gasteiger partial charge in [0.2, 0.25) is 0 Å². The van der Waals surface area contributed by atoms with Gasteiger partial charge in [0.15, 0.2) is 0 Å². The molecule has 0 radical (unpaired) electrons. The minimum Gasteiger partial charge on any atom is -0.346 e. The largest absolute Gasteiger partial charge is 0.346 e. The summed E-state index contributed by atoms with van der Waals surface area (Å²) in [5.41, 5.74) is 2.58. The van der Waals surface area contributed by atoms with Crippen molar-refractivity contribution < 1.29 is 9.59 Å². The van der Waals surface area contributed by atoms with Gasteiger partial charge < -0.3 is 10.6 Å². The van der Waals surface area contributed by atoms with E-state index in [2.05, 4.69) is 25.9 Å². The predicted molar refractivity (Wildman–Crippen MR) is 98.2 cm³/mol. The Morgan fingerprint density at radius 2 is 1.89 bits per heavy atom. The Hall–Kier alpha value is -3.43. The number of carbonyl (C=O) groups excluding carboxylic acids is 2. The SMILES string of the molecule is CCn1cc(C(=O)Nc2cnn(C)c2C(=O)NCc2cnn(C)c2)c(C)n1. The zero-order valence-electron chi connectivity index (χ0n) is 15.7. The molecule has 2 amide bonds. The Bertz CT molecular complexity index is 981. The molecule has 3 heterocycles. The fourth-order valence-corrected chi connectivity index (χ4v) is 2.72. The summed E-state index contributed by atoms with van der Waals surface area (Å²) in [6.45, 7) is 4.71. The van der Waals surface area contributed by atoms with Crippen molar-refractivity contribution in [3.63, 3.8) is 0 Å². The smallest absolute Gasteiger partial charge is 0.271 e. The van der Waals surface area contributed by atoms with Crippen LogP contribution in [0.25, 0.3) is 0 Å². The summed E-state index contributed by atoms with van der Waals surface area (Å²) in [5, 5.41) is 18.0. The molecule has 0 bridgehead atoms. The summed E-state index contributed by atoms with van der Waals surface area (Å²) in [5.74, 6) is -0.670. The maximum Gasteiger partial charge on any atom is 0.271 e. The molecule has 142 valence electrons. The van der Waals surface area contributed by atoms with Crippen molar-refractivity contribution in [2.24, 2.45) is 14.1 Å². The first kappa shape index (κ1) is 18.4. The van der Waals surface area contributed by atoms with Crippen LogP contribution in [0, 0.1) is 6.92 Å². The van der Waals surface area contributed by atoms with Gasteiger partial charge in [-0.25, -0.2) is 0 Å². The lowest BCUT2D eigenvalue weighted by Crippen LogP contribution is -2.26. The minimum atomic E-state index is -0.338. The first-order chi connectivity index (χ1) is 12.9. The van der Waals surface area contributed by atoms with Gasteiger partial charge in [0.25, 0.3) is 11.8 Å². The summed E-state index contributed by atoms with van der Waals surface area (Å²) in [6.07, 6.45) is 6.64. The van der Waals surface area contributed by atoms with E-state index in [0.29, 0.717) is 30.0 Å². The molecule has 27 heavy (non-hydrogen) atoms. The molecular weight excluding hydrogens is 348 g/mol. The number of hydrogen-bond donors (Lipinski definition) is 2. The average molecular weight is 370 g/mol. The van der Waals surface area contributed by atoms with E-state index in [4.69, 9.17) is 0 Å². The number of aromatic nitrogens is 6. The van der Waals surface area contributed by atoms with Crippen molar-refractivity contribution in [2.75, 3.05) is 5.32 Å². The van der Waals surface area contributed by atoms with E-state index in [9.17, 15) is 9.59 Å². The van der Waals surface area contributed by atoms with E-state index in [1.54, 1.807) is 35.7 Å². The van der Waals surface area contributed by atoms with Gasteiger partial charge in [-0.15, -0.1) is 0 Å². The van der Waals surface area contributed by atoms with Crippen LogP contribution in [0.5, 0.6) is 0 Å². The number of nitrogens with zero attached hydrogens (tertiary/aromatic N) is 6. The number of aryl methyl sites for hydroxylation is 4. The van der Waals surface area contributed by atoms with Crippen LogP contribution < -0.4 is 10.6 Å². The average Bonchev–Trinajstić information content (AvgIpc) is 3.32. The molecule has 0 atom stereocenters. The van der Waals surface area contributed by atoms with Gasteiger partial charge in [0, 0.05) is 45.1 Å². The molecule has 10 heteroatoms. The Balaban J connectivity index is 1.74. The van der Waals surface area contributed by atoms with Crippen molar-refractivity contribution in [3.05, 3.63) is 47.3 Å². The van der Waals surface area contributed by atoms with E-state index in [-0.39, 0.29) is 17.5 Å². The maximum absolute atomic E-state index is 12.6. The van der Waals surface area contributed by atoms with Crippen LogP contribution in [0.3, 0.4) is 0 Å². The van der Waals surface area contributed by atoms with Crippen LogP contribution in [0.1, 0.15) is 39.0 Å². The number of anilines is 1. The standard InChI is InChI=1S/C17H22N8O2/c1-5-25-10-13(11(2)22-25)16(26)21-14-8-20-24(4)15(14)17(27)18-6-12-7-19-23(3)9-12/h7-10H,5-6H2,1-4H3,(H,18,27)(H,21,26). The summed E-state index contributed by atoms with van der Waals surface area (Å²) in [7, 11) is 3.46. The molecule has 0 fully saturated rings. The molecule has 3 aromatic heterocycles. The van der Waals surface area contributed by atoms with E-state index < -0.39 is 0 Å². The fraction of sp³-hybridized carbons (Fsp3) is 0.353. The molecule has 2 N–H and O–H groups in total. The van der Waals surface area contributed by atoms with Gasteiger partial charge in [0.1, 0.15) is 5.69 Å². The van der Waals surface area contributed by atoms with E-state index in [1.165, 1.54) is 10.9 Å². The zero-order valence-corrected chi connectivity index (χ0v) is 15.7. The van der Waals surface area contributed by atoms with Crippen LogP contribution in [-0.4, -0.2) is 41.2 Å². The number of hydrogen-bond acceptors (Lipinski definition) is 5. The van der Waals surface area contributed by atoms with E-state index in [0.717, 1.165) is 5.56 Å². The molecule has 0 saturated carbocycles. The highest BCUT2D eigenvalue weighted by Crippen LogP contribution is 2.17. The third kappa shape index (κ3) is 3.89. The van der Waals surface area contributed by atoms with Crippen LogP contribution in [-0.2, 0) is 27.2 Å². The Morgan fingerprint density at radius 3 is 2.52 bits per heavy atom. The Kier molecular flexibility index (Phi) is 5.06. The van der Waals surface area contributed by atoms with Crippen LogP contribution in [0.15, 0.2) is 24.8 Å². The van der Waals surface area contributed by atoms with Gasteiger partial charge in [0.05, 0.1) is 29.3 Å². The third-order valence-electron chi connectivity index (χ3n) is 4.13. The summed E-state index contributed by atoms with van der Waals surface area (Å²) < 4.78 is 4.78. The monoisotopic (exact) mass is 370 g/mol. The predicted octanol–water partition coefficient (Wildman–Crippen LogP) is 0.861. The molecule has 0 aromatic carbocycles. The summed E-state index contributed by atoms with van der Waals surface area (Å²) >= 11 is 0. The van der Waals surface area contributed by atoms with E-state index in [1.807, 2.05) is 20.2 Å². The lowest BCUT2D eigenvalue weighted by Gasteiger charge is -2.08. The Labute approximate surface area is 156 Å². The highest BCUT2D eigenvalue weighted by atomic mass is 16.2. The normalized spacial score (nSPS) is 10.8. The first-order valence-electron chi connectivity index (χ1n) is 8.52. The quantitative estimate of drug-likeness (QED) is 0.668. The Morgan fingerprint density at radius 1 is 1.11 bits per heavy atom. The second kappa shape index (κ2) is 7.44. The first-order valence-corrected chi connectivity index (χ1v) is 8.52. The van der Waals surface area contributed by atoms with Crippen LogP contribution in [0.2, 0.25) is 0 Å². The van der Waals surface area contributed by atoms with Crippen molar-refractivity contribution in [1.29, 1.82) is 0 Å². The number of nitrogens with one attached hydrogen (secondary N) is 2. The number of rotatable bonds is 6. The zero-order chi connectivity index (χ0) is 19.6. The highest BCUT2D eigenvalue weighted by Gasteiger charge is 2.21. The summed E-state index contributed by atoms with van der Waals surface area (Å²) in [6, 6.07) is 0. The molecular formula is C17H22N8O2. The second-order valence-corrected chi connectivity index (χ2v) is 6.17. The van der Waals surface area contributed by atoms with Gasteiger partial charge >= 0.3 is 0 Å². The molecule has 0 aliphatic rings. The van der Waals surface area contributed by atoms with Crippen LogP contribution >= 0.6 is 0 Å². The molecule has 10 nitrogen and oxygen atoms in total. The lowest BCUT2D eigenvalue weighted by atomic mass is 10.2. The van der Waals surface area contributed by atoms with Crippen molar-refractivity contribution in [3.8, 4) is 0 Å². The molecule has 0 aliphatic carbocycles. The molecule has 0 aliphatic heterocycles. The minimum absolute atomic E-state index is 0.271. The van der Waals surface area contributed by atoms with Crippen molar-refractivity contribution in [1.82, 2.24) is 34.7 Å². The third-order valence-corrected chi connectivity index (χ3v) is 4.13. The molecule has 0 spiro atoms. The van der Waals surface area contributed by atoms with Gasteiger partial charge in [-0.3, -0.25) is 23.6 Å². The summed E-state index contributed by atoms with van der Waals surface area (Å²) in [4.78, 5) is 25.2. The second-order valence-electron chi connectivity index (χ2n) is 6.17. The molecule has 0 unspecified atom stereocenters. The van der Waals surface area contributed by atoms with Gasteiger partial charge in [-0.2, -0.15) is 15.3 Å². The highest BCUT2D eigenvalue weighted by molar-refractivity contribution is 6.08. The topological polar surface area (TPSA) is 112 Å². The lowest BCUT2D eigenvalue weighted by molar-refractivity contribution is 0.0942. The van der Waals surface area contributed by atoms with Crippen LogP contribution in [0.4, 0.5) is 5.69 Å². The van der Waals surface area contributed by atoms with Gasteiger partial charge in [-0.1, -0.05) is 0 Å². The van der Waals surface area contributed by atoms with E-state index >= 15 is 0 Å². The number of carbonyl (C=O) groups is 2. The molecule has 3 rings (SSSR count). The van der Waals surface area contributed by atoms with Crippen molar-refractivity contribution in [2.45, 2.75) is 26.9 Å². The van der Waals surface area contributed by atoms with Gasteiger partial charge in [-0.05, 0) is 13.8 Å². The molecule has 3 aromatic rings. The fourth-order valence-electron chi connectivity index (χ4n) is 2.72.